The Morgan fingerprint density at radius 2 is 1.83 bits per heavy atom. The first-order valence-electron chi connectivity index (χ1n) is 8.39. The van der Waals surface area contributed by atoms with Crippen molar-refractivity contribution in [3.8, 4) is 17.2 Å². The molecule has 1 N–H and O–H groups in total. The minimum Gasteiger partial charge on any atom is -0.493 e. The van der Waals surface area contributed by atoms with E-state index in [1.165, 1.54) is 33.5 Å². The van der Waals surface area contributed by atoms with Crippen LogP contribution in [0.3, 0.4) is 0 Å². The van der Waals surface area contributed by atoms with Crippen LogP contribution < -0.4 is 19.6 Å². The second-order valence-corrected chi connectivity index (χ2v) is 7.59. The van der Waals surface area contributed by atoms with Crippen LogP contribution in [0.4, 0.5) is 0 Å². The Kier molecular flexibility index (Phi) is 6.14. The zero-order valence-corrected chi connectivity index (χ0v) is 17.8. The Morgan fingerprint density at radius 3 is 2.34 bits per heavy atom. The number of rotatable bonds is 6. The number of methoxy groups -OCH3 is 3. The van der Waals surface area contributed by atoms with Gasteiger partial charge in [-0.15, -0.1) is 0 Å². The molecule has 0 spiro atoms. The van der Waals surface area contributed by atoms with Crippen molar-refractivity contribution in [3.63, 3.8) is 0 Å². The van der Waals surface area contributed by atoms with Crippen molar-refractivity contribution in [1.82, 2.24) is 15.0 Å². The highest BCUT2D eigenvalue weighted by Crippen LogP contribution is 2.38. The molecule has 1 fully saturated rings. The van der Waals surface area contributed by atoms with E-state index in [-0.39, 0.29) is 9.88 Å². The molecule has 1 aliphatic rings. The van der Waals surface area contributed by atoms with Crippen molar-refractivity contribution in [2.75, 3.05) is 21.3 Å². The van der Waals surface area contributed by atoms with E-state index in [1.54, 1.807) is 6.08 Å². The zero-order chi connectivity index (χ0) is 21.1. The zero-order valence-electron chi connectivity index (χ0n) is 16.2. The monoisotopic (exact) mass is 433 g/mol. The fourth-order valence-electron chi connectivity index (χ4n) is 2.70. The molecule has 3 rings (SSSR count). The molecular formula is C19H19N3O5S2. The van der Waals surface area contributed by atoms with E-state index < -0.39 is 11.8 Å². The number of amides is 2. The number of hydrazine groups is 1. The number of aromatic nitrogens is 1. The number of hydrogen-bond donors (Lipinski definition) is 1. The first kappa shape index (κ1) is 20.7. The highest BCUT2D eigenvalue weighted by molar-refractivity contribution is 8.26. The number of nitrogens with one attached hydrogen (secondary N) is 1. The molecule has 1 saturated heterocycles. The molecule has 152 valence electrons. The first-order chi connectivity index (χ1) is 13.9. The molecule has 2 aromatic rings. The maximum Gasteiger partial charge on any atom is 0.285 e. The lowest BCUT2D eigenvalue weighted by molar-refractivity contribution is -0.123. The van der Waals surface area contributed by atoms with E-state index in [4.69, 9.17) is 26.4 Å². The predicted octanol–water partition coefficient (Wildman–Crippen LogP) is 2.60. The van der Waals surface area contributed by atoms with Crippen molar-refractivity contribution in [2.24, 2.45) is 7.05 Å². The first-order valence-corrected chi connectivity index (χ1v) is 9.62. The van der Waals surface area contributed by atoms with Crippen LogP contribution in [-0.2, 0) is 11.8 Å². The summed E-state index contributed by atoms with van der Waals surface area (Å²) < 4.78 is 17.9. The highest BCUT2D eigenvalue weighted by Gasteiger charge is 2.34. The Morgan fingerprint density at radius 1 is 1.17 bits per heavy atom. The largest absolute Gasteiger partial charge is 0.493 e. The van der Waals surface area contributed by atoms with Crippen LogP contribution in [0.15, 0.2) is 35.4 Å². The minimum absolute atomic E-state index is 0.222. The molecule has 0 bridgehead atoms. The fourth-order valence-corrected chi connectivity index (χ4v) is 3.87. The SMILES string of the molecule is COc1cc(C(=O)NN2C(=O)C(=Cc3cccn3C)SC2=S)cc(OC)c1OC. The topological polar surface area (TPSA) is 82.0 Å². The number of benzene rings is 1. The van der Waals surface area contributed by atoms with Crippen molar-refractivity contribution in [1.29, 1.82) is 0 Å². The molecule has 8 nitrogen and oxygen atoms in total. The van der Waals surface area contributed by atoms with Crippen LogP contribution >= 0.6 is 24.0 Å². The number of ether oxygens (including phenoxy) is 3. The average Bonchev–Trinajstić information content (AvgIpc) is 3.24. The summed E-state index contributed by atoms with van der Waals surface area (Å²) in [7, 11) is 6.25. The van der Waals surface area contributed by atoms with Gasteiger partial charge in [-0.05, 0) is 42.6 Å². The molecule has 1 aromatic carbocycles. The van der Waals surface area contributed by atoms with Gasteiger partial charge >= 0.3 is 0 Å². The molecule has 0 unspecified atom stereocenters. The van der Waals surface area contributed by atoms with Crippen molar-refractivity contribution >= 4 is 46.2 Å². The van der Waals surface area contributed by atoms with Crippen LogP contribution in [0.1, 0.15) is 16.1 Å². The van der Waals surface area contributed by atoms with Crippen LogP contribution in [0, 0.1) is 0 Å². The van der Waals surface area contributed by atoms with Gasteiger partial charge in [-0.25, -0.2) is 0 Å². The summed E-state index contributed by atoms with van der Waals surface area (Å²) >= 11 is 6.38. The van der Waals surface area contributed by atoms with E-state index in [0.29, 0.717) is 22.2 Å². The van der Waals surface area contributed by atoms with Crippen LogP contribution in [0.2, 0.25) is 0 Å². The third kappa shape index (κ3) is 4.08. The lowest BCUT2D eigenvalue weighted by atomic mass is 10.1. The van der Waals surface area contributed by atoms with Gasteiger partial charge in [-0.2, -0.15) is 5.01 Å². The quantitative estimate of drug-likeness (QED) is 0.554. The number of hydrogen-bond acceptors (Lipinski definition) is 7. The molecule has 0 radical (unpaired) electrons. The van der Waals surface area contributed by atoms with Gasteiger partial charge in [0.05, 0.1) is 26.2 Å². The van der Waals surface area contributed by atoms with Gasteiger partial charge in [0.2, 0.25) is 5.75 Å². The smallest absolute Gasteiger partial charge is 0.285 e. The maximum absolute atomic E-state index is 12.8. The Hall–Kier alpha value is -2.98. The van der Waals surface area contributed by atoms with Crippen LogP contribution in [0.5, 0.6) is 17.2 Å². The van der Waals surface area contributed by atoms with E-state index >= 15 is 0 Å². The van der Waals surface area contributed by atoms with Crippen molar-refractivity contribution < 1.29 is 23.8 Å². The highest BCUT2D eigenvalue weighted by atomic mass is 32.2. The molecule has 29 heavy (non-hydrogen) atoms. The van der Waals surface area contributed by atoms with Crippen molar-refractivity contribution in [2.45, 2.75) is 0 Å². The van der Waals surface area contributed by atoms with Crippen LogP contribution in [-0.4, -0.2) is 47.0 Å². The van der Waals surface area contributed by atoms with Gasteiger partial charge in [0.25, 0.3) is 11.8 Å². The maximum atomic E-state index is 12.8. The molecule has 0 saturated carbocycles. The summed E-state index contributed by atoms with van der Waals surface area (Å²) in [6.45, 7) is 0. The number of carbonyl (C=O) groups is 2. The molecular weight excluding hydrogens is 414 g/mol. The molecule has 2 heterocycles. The number of nitrogens with zero attached hydrogens (tertiary/aromatic N) is 2. The third-order valence-corrected chi connectivity index (χ3v) is 5.50. The van der Waals surface area contributed by atoms with Gasteiger partial charge in [0.1, 0.15) is 0 Å². The minimum atomic E-state index is -0.541. The number of thiocarbonyl (C=S) groups is 1. The van der Waals surface area contributed by atoms with Gasteiger partial charge in [-0.1, -0.05) is 11.8 Å². The molecule has 0 atom stereocenters. The van der Waals surface area contributed by atoms with Gasteiger partial charge in [0, 0.05) is 24.5 Å². The number of aryl methyl sites for hydroxylation is 1. The Balaban J connectivity index is 1.84. The summed E-state index contributed by atoms with van der Waals surface area (Å²) in [5.74, 6) is 0.0716. The standard InChI is InChI=1S/C19H19N3O5S2/c1-21-7-5-6-12(21)10-15-18(24)22(19(28)29-15)20-17(23)11-8-13(25-2)16(27-4)14(9-11)26-3/h5-10H,1-4H3,(H,20,23). The second kappa shape index (κ2) is 8.58. The third-order valence-electron chi connectivity index (χ3n) is 4.20. The lowest BCUT2D eigenvalue weighted by Gasteiger charge is -2.17. The molecule has 2 amide bonds. The lowest BCUT2D eigenvalue weighted by Crippen LogP contribution is -2.44. The fraction of sp³-hybridized carbons (Fsp3) is 0.211. The van der Waals surface area contributed by atoms with Crippen LogP contribution in [0.25, 0.3) is 6.08 Å². The number of carbonyl (C=O) groups excluding carboxylic acids is 2. The summed E-state index contributed by atoms with van der Waals surface area (Å²) in [5, 5.41) is 1.06. The van der Waals surface area contributed by atoms with E-state index in [1.807, 2.05) is 29.9 Å². The van der Waals surface area contributed by atoms with Gasteiger partial charge < -0.3 is 18.8 Å². The second-order valence-electron chi connectivity index (χ2n) is 5.92. The summed E-state index contributed by atoms with van der Waals surface area (Å²) in [6.07, 6.45) is 3.60. The van der Waals surface area contributed by atoms with Crippen molar-refractivity contribution in [3.05, 3.63) is 46.6 Å². The van der Waals surface area contributed by atoms with Gasteiger partial charge in [0.15, 0.2) is 15.8 Å². The van der Waals surface area contributed by atoms with E-state index in [9.17, 15) is 9.59 Å². The van der Waals surface area contributed by atoms with Gasteiger partial charge in [-0.3, -0.25) is 15.0 Å². The molecule has 0 aliphatic carbocycles. The summed E-state index contributed by atoms with van der Waals surface area (Å²) in [5.41, 5.74) is 3.61. The molecule has 1 aromatic heterocycles. The molecule has 10 heteroatoms. The normalized spacial score (nSPS) is 15.0. The Bertz CT molecular complexity index is 990. The summed E-state index contributed by atoms with van der Waals surface area (Å²) in [4.78, 5) is 25.9. The molecule has 1 aliphatic heterocycles. The average molecular weight is 434 g/mol. The van der Waals surface area contributed by atoms with E-state index in [0.717, 1.165) is 22.5 Å². The summed E-state index contributed by atoms with van der Waals surface area (Å²) in [6, 6.07) is 6.74. The van der Waals surface area contributed by atoms with E-state index in [2.05, 4.69) is 5.43 Å². The number of thioether (sulfide) groups is 1. The predicted molar refractivity (Wildman–Crippen MR) is 114 cm³/mol. The Labute approximate surface area is 177 Å².